The van der Waals surface area contributed by atoms with E-state index in [-0.39, 0.29) is 11.8 Å². The Bertz CT molecular complexity index is 301. The molecule has 0 aromatic carbocycles. The third-order valence-corrected chi connectivity index (χ3v) is 4.10. The van der Waals surface area contributed by atoms with E-state index in [0.717, 1.165) is 44.6 Å². The highest BCUT2D eigenvalue weighted by molar-refractivity contribution is 5.79. The highest BCUT2D eigenvalue weighted by Gasteiger charge is 2.29. The van der Waals surface area contributed by atoms with Crippen molar-refractivity contribution < 1.29 is 4.79 Å². The van der Waals surface area contributed by atoms with Crippen molar-refractivity contribution in [1.29, 1.82) is 0 Å². The van der Waals surface area contributed by atoms with E-state index in [1.165, 1.54) is 32.1 Å². The van der Waals surface area contributed by atoms with E-state index in [9.17, 15) is 4.79 Å². The third-order valence-electron chi connectivity index (χ3n) is 4.10. The number of carbonyl (C=O) groups excluding carboxylic acids is 1. The van der Waals surface area contributed by atoms with Crippen molar-refractivity contribution in [1.82, 2.24) is 10.2 Å². The number of likely N-dealkylation sites (tertiary alicyclic amines) is 1. The topological polar surface area (TPSA) is 32.3 Å². The van der Waals surface area contributed by atoms with E-state index in [1.54, 1.807) is 0 Å². The smallest absolute Gasteiger partial charge is 0.225 e. The van der Waals surface area contributed by atoms with Crippen LogP contribution in [0, 0.1) is 5.92 Å². The van der Waals surface area contributed by atoms with Crippen LogP contribution in [0.15, 0.2) is 12.3 Å². The Morgan fingerprint density at radius 1 is 1.20 bits per heavy atom. The number of allylic oxidation sites excluding steroid dienone is 1. The Labute approximate surface area is 124 Å². The maximum atomic E-state index is 12.0. The lowest BCUT2D eigenvalue weighted by Crippen LogP contribution is -2.33. The number of nitrogens with one attached hydrogen (secondary N) is 1. The van der Waals surface area contributed by atoms with Crippen LogP contribution < -0.4 is 5.32 Å². The quantitative estimate of drug-likeness (QED) is 0.619. The number of hydrogen-bond donors (Lipinski definition) is 1. The molecule has 116 valence electrons. The summed E-state index contributed by atoms with van der Waals surface area (Å²) in [6.07, 6.45) is 9.51. The van der Waals surface area contributed by atoms with Gasteiger partial charge in [-0.3, -0.25) is 4.79 Å². The van der Waals surface area contributed by atoms with Gasteiger partial charge < -0.3 is 10.2 Å². The Hall–Kier alpha value is -0.990. The van der Waals surface area contributed by atoms with Crippen LogP contribution in [0.3, 0.4) is 0 Å². The summed E-state index contributed by atoms with van der Waals surface area (Å²) in [4.78, 5) is 14.4. The number of amides is 1. The van der Waals surface area contributed by atoms with Gasteiger partial charge in [0.25, 0.3) is 0 Å². The highest BCUT2D eigenvalue weighted by atomic mass is 16.1. The van der Waals surface area contributed by atoms with Crippen molar-refractivity contribution in [3.8, 4) is 0 Å². The van der Waals surface area contributed by atoms with Gasteiger partial charge >= 0.3 is 0 Å². The second-order valence-corrected chi connectivity index (χ2v) is 5.97. The Kier molecular flexibility index (Phi) is 8.40. The number of unbranched alkanes of at least 4 members (excludes halogenated alkanes) is 5. The van der Waals surface area contributed by atoms with Crippen LogP contribution in [-0.4, -0.2) is 30.4 Å². The summed E-state index contributed by atoms with van der Waals surface area (Å²) in [5.41, 5.74) is 1.15. The van der Waals surface area contributed by atoms with Gasteiger partial charge in [-0.25, -0.2) is 0 Å². The van der Waals surface area contributed by atoms with Crippen molar-refractivity contribution in [2.75, 3.05) is 19.6 Å². The molecule has 0 aromatic rings. The average Bonchev–Trinajstić information content (AvgIpc) is 2.80. The van der Waals surface area contributed by atoms with Crippen LogP contribution in [0.5, 0.6) is 0 Å². The molecule has 20 heavy (non-hydrogen) atoms. The molecule has 0 spiro atoms. The zero-order valence-electron chi connectivity index (χ0n) is 13.4. The largest absolute Gasteiger partial charge is 0.374 e. The average molecular weight is 280 g/mol. The molecule has 0 radical (unpaired) electrons. The van der Waals surface area contributed by atoms with Crippen LogP contribution in [-0.2, 0) is 4.79 Å². The lowest BCUT2D eigenvalue weighted by atomic mass is 10.1. The van der Waals surface area contributed by atoms with E-state index in [1.807, 2.05) is 0 Å². The number of nitrogens with zero attached hydrogens (tertiary/aromatic N) is 1. The molecule has 1 N–H and O–H groups in total. The molecule has 0 bridgehead atoms. The van der Waals surface area contributed by atoms with Gasteiger partial charge in [0.05, 0.1) is 5.92 Å². The van der Waals surface area contributed by atoms with Crippen molar-refractivity contribution >= 4 is 5.91 Å². The van der Waals surface area contributed by atoms with Crippen LogP contribution in [0.25, 0.3) is 0 Å². The number of hydrogen-bond acceptors (Lipinski definition) is 2. The summed E-state index contributed by atoms with van der Waals surface area (Å²) in [6, 6.07) is 0. The minimum atomic E-state index is 0.120. The summed E-state index contributed by atoms with van der Waals surface area (Å²) in [7, 11) is 0. The van der Waals surface area contributed by atoms with Crippen molar-refractivity contribution in [2.24, 2.45) is 5.92 Å². The Morgan fingerprint density at radius 3 is 2.60 bits per heavy atom. The highest BCUT2D eigenvalue weighted by Crippen LogP contribution is 2.25. The maximum Gasteiger partial charge on any atom is 0.225 e. The SMILES string of the molecule is C=C1CC(C(=O)NCCCC)CN1CCCCCCC. The Morgan fingerprint density at radius 2 is 1.90 bits per heavy atom. The Balaban J connectivity index is 2.21. The van der Waals surface area contributed by atoms with E-state index < -0.39 is 0 Å². The van der Waals surface area contributed by atoms with E-state index in [2.05, 4.69) is 30.6 Å². The molecule has 0 aliphatic carbocycles. The molecule has 1 amide bonds. The van der Waals surface area contributed by atoms with Gasteiger partial charge in [0, 0.05) is 25.3 Å². The predicted octanol–water partition coefficient (Wildman–Crippen LogP) is 3.71. The molecule has 1 heterocycles. The first kappa shape index (κ1) is 17.1. The van der Waals surface area contributed by atoms with Gasteiger partial charge in [0.1, 0.15) is 0 Å². The molecule has 1 unspecified atom stereocenters. The van der Waals surface area contributed by atoms with Gasteiger partial charge in [-0.1, -0.05) is 52.5 Å². The molecular formula is C17H32N2O. The first-order valence-corrected chi connectivity index (χ1v) is 8.39. The summed E-state index contributed by atoms with van der Waals surface area (Å²) >= 11 is 0. The minimum absolute atomic E-state index is 0.120. The fourth-order valence-electron chi connectivity index (χ4n) is 2.74. The normalized spacial score (nSPS) is 18.6. The lowest BCUT2D eigenvalue weighted by Gasteiger charge is -2.19. The molecule has 1 saturated heterocycles. The standard InChI is InChI=1S/C17H32N2O/c1-4-6-8-9-10-12-19-14-16(13-15(19)3)17(20)18-11-7-5-2/h16H,3-14H2,1-2H3,(H,18,20). The van der Waals surface area contributed by atoms with E-state index in [0.29, 0.717) is 0 Å². The van der Waals surface area contributed by atoms with Crippen LogP contribution in [0.4, 0.5) is 0 Å². The second kappa shape index (κ2) is 9.84. The molecular weight excluding hydrogens is 248 g/mol. The van der Waals surface area contributed by atoms with Gasteiger partial charge in [-0.05, 0) is 19.3 Å². The third kappa shape index (κ3) is 5.98. The number of rotatable bonds is 10. The van der Waals surface area contributed by atoms with Crippen molar-refractivity contribution in [2.45, 2.75) is 65.2 Å². The predicted molar refractivity (Wildman–Crippen MR) is 85.5 cm³/mol. The van der Waals surface area contributed by atoms with E-state index >= 15 is 0 Å². The fourth-order valence-corrected chi connectivity index (χ4v) is 2.74. The minimum Gasteiger partial charge on any atom is -0.374 e. The molecule has 1 aliphatic rings. The zero-order chi connectivity index (χ0) is 14.8. The molecule has 1 atom stereocenters. The molecule has 1 aliphatic heterocycles. The summed E-state index contributed by atoms with van der Waals surface area (Å²) in [6.45, 7) is 11.3. The van der Waals surface area contributed by atoms with Gasteiger partial charge in [0.2, 0.25) is 5.91 Å². The van der Waals surface area contributed by atoms with Crippen LogP contribution in [0.2, 0.25) is 0 Å². The first-order valence-electron chi connectivity index (χ1n) is 8.39. The molecule has 1 rings (SSSR count). The van der Waals surface area contributed by atoms with Crippen molar-refractivity contribution in [3.63, 3.8) is 0 Å². The van der Waals surface area contributed by atoms with E-state index in [4.69, 9.17) is 0 Å². The van der Waals surface area contributed by atoms with Gasteiger partial charge in [0.15, 0.2) is 0 Å². The number of carbonyl (C=O) groups is 1. The summed E-state index contributed by atoms with van der Waals surface area (Å²) in [5, 5.41) is 3.04. The summed E-state index contributed by atoms with van der Waals surface area (Å²) in [5.74, 6) is 0.336. The maximum absolute atomic E-state index is 12.0. The second-order valence-electron chi connectivity index (χ2n) is 5.97. The molecule has 0 saturated carbocycles. The van der Waals surface area contributed by atoms with Crippen LogP contribution in [0.1, 0.15) is 65.2 Å². The van der Waals surface area contributed by atoms with Gasteiger partial charge in [-0.2, -0.15) is 0 Å². The van der Waals surface area contributed by atoms with Gasteiger partial charge in [-0.15, -0.1) is 0 Å². The molecule has 3 heteroatoms. The van der Waals surface area contributed by atoms with Crippen LogP contribution >= 0.6 is 0 Å². The lowest BCUT2D eigenvalue weighted by molar-refractivity contribution is -0.124. The first-order chi connectivity index (χ1) is 9.69. The van der Waals surface area contributed by atoms with Crippen molar-refractivity contribution in [3.05, 3.63) is 12.3 Å². The fraction of sp³-hybridized carbons (Fsp3) is 0.824. The summed E-state index contributed by atoms with van der Waals surface area (Å²) < 4.78 is 0. The molecule has 1 fully saturated rings. The zero-order valence-corrected chi connectivity index (χ0v) is 13.4. The molecule has 0 aromatic heterocycles. The molecule has 3 nitrogen and oxygen atoms in total. The monoisotopic (exact) mass is 280 g/mol.